The van der Waals surface area contributed by atoms with Crippen LogP contribution in [-0.4, -0.2) is 37.1 Å². The summed E-state index contributed by atoms with van der Waals surface area (Å²) in [6.45, 7) is 6.00. The minimum atomic E-state index is -0.541. The lowest BCUT2D eigenvalue weighted by atomic mass is 10.1. The second kappa shape index (κ2) is 7.83. The number of pyridine rings is 2. The molecule has 1 aliphatic heterocycles. The third-order valence-electron chi connectivity index (χ3n) is 4.57. The summed E-state index contributed by atoms with van der Waals surface area (Å²) in [6.07, 6.45) is 7.94. The fourth-order valence-corrected chi connectivity index (χ4v) is 3.10. The van der Waals surface area contributed by atoms with E-state index in [2.05, 4.69) is 25.3 Å². The van der Waals surface area contributed by atoms with Crippen molar-refractivity contribution in [1.29, 1.82) is 0 Å². The standard InChI is InChI=1S/C21H21FN6O/c1-13(2)28-12-18(29-14(28)3)20-17(22)11-25-21(27-20)26-19-5-4-16(10-24-19)15-6-8-23-9-7-15/h4-14H,1-3H3,(H,24,25,26,27). The summed E-state index contributed by atoms with van der Waals surface area (Å²) in [5.41, 5.74) is 2.10. The van der Waals surface area contributed by atoms with Crippen LogP contribution in [0.4, 0.5) is 16.2 Å². The maximum atomic E-state index is 14.3. The Balaban J connectivity index is 1.55. The zero-order valence-corrected chi connectivity index (χ0v) is 16.4. The van der Waals surface area contributed by atoms with Crippen LogP contribution in [0.1, 0.15) is 26.5 Å². The van der Waals surface area contributed by atoms with Gasteiger partial charge in [0.05, 0.1) is 6.20 Å². The Morgan fingerprint density at radius 1 is 1.07 bits per heavy atom. The molecule has 3 aromatic heterocycles. The van der Waals surface area contributed by atoms with E-state index in [1.54, 1.807) is 24.8 Å². The number of nitrogens with zero attached hydrogens (tertiary/aromatic N) is 5. The van der Waals surface area contributed by atoms with Gasteiger partial charge in [-0.3, -0.25) is 4.98 Å². The molecule has 3 aromatic rings. The van der Waals surface area contributed by atoms with Crippen LogP contribution >= 0.6 is 0 Å². The van der Waals surface area contributed by atoms with Crippen molar-refractivity contribution < 1.29 is 9.13 Å². The molecule has 0 amide bonds. The maximum Gasteiger partial charge on any atom is 0.229 e. The summed E-state index contributed by atoms with van der Waals surface area (Å²) in [6, 6.07) is 7.80. The van der Waals surface area contributed by atoms with Crippen molar-refractivity contribution in [3.63, 3.8) is 0 Å². The van der Waals surface area contributed by atoms with E-state index in [4.69, 9.17) is 4.74 Å². The minimum absolute atomic E-state index is 0.117. The average Bonchev–Trinajstić information content (AvgIpc) is 3.12. The predicted octanol–water partition coefficient (Wildman–Crippen LogP) is 4.20. The monoisotopic (exact) mass is 392 g/mol. The molecule has 0 radical (unpaired) electrons. The van der Waals surface area contributed by atoms with Crippen LogP contribution in [0.25, 0.3) is 16.9 Å². The average molecular weight is 392 g/mol. The van der Waals surface area contributed by atoms with E-state index in [-0.39, 0.29) is 23.9 Å². The molecule has 0 saturated heterocycles. The van der Waals surface area contributed by atoms with Crippen molar-refractivity contribution in [1.82, 2.24) is 24.8 Å². The van der Waals surface area contributed by atoms with Crippen LogP contribution < -0.4 is 5.32 Å². The van der Waals surface area contributed by atoms with Gasteiger partial charge in [-0.05, 0) is 50.6 Å². The molecule has 8 heteroatoms. The lowest BCUT2D eigenvalue weighted by Crippen LogP contribution is -2.31. The molecular weight excluding hydrogens is 371 g/mol. The minimum Gasteiger partial charge on any atom is -0.467 e. The van der Waals surface area contributed by atoms with E-state index >= 15 is 0 Å². The fraction of sp³-hybridized carbons (Fsp3) is 0.238. The van der Waals surface area contributed by atoms with Crippen molar-refractivity contribution in [3.05, 3.63) is 66.8 Å². The highest BCUT2D eigenvalue weighted by Gasteiger charge is 2.27. The van der Waals surface area contributed by atoms with Crippen LogP contribution in [0.5, 0.6) is 0 Å². The van der Waals surface area contributed by atoms with E-state index in [1.165, 1.54) is 0 Å². The first-order valence-electron chi connectivity index (χ1n) is 9.33. The third-order valence-corrected chi connectivity index (χ3v) is 4.57. The molecule has 0 fully saturated rings. The van der Waals surface area contributed by atoms with Crippen LogP contribution in [0.15, 0.2) is 55.3 Å². The number of ether oxygens (including phenoxy) is 1. The lowest BCUT2D eigenvalue weighted by molar-refractivity contribution is 0.0660. The van der Waals surface area contributed by atoms with Gasteiger partial charge in [-0.2, -0.15) is 0 Å². The summed E-state index contributed by atoms with van der Waals surface area (Å²) in [5, 5.41) is 3.01. The van der Waals surface area contributed by atoms with Gasteiger partial charge >= 0.3 is 0 Å². The van der Waals surface area contributed by atoms with Crippen LogP contribution in [0, 0.1) is 5.82 Å². The first-order valence-corrected chi connectivity index (χ1v) is 9.33. The Labute approximate surface area is 168 Å². The van der Waals surface area contributed by atoms with Crippen molar-refractivity contribution in [2.24, 2.45) is 0 Å². The van der Waals surface area contributed by atoms with E-state index in [9.17, 15) is 4.39 Å². The van der Waals surface area contributed by atoms with E-state index in [0.29, 0.717) is 11.6 Å². The van der Waals surface area contributed by atoms with Gasteiger partial charge < -0.3 is 15.0 Å². The molecule has 0 spiro atoms. The molecule has 0 aliphatic carbocycles. The second-order valence-electron chi connectivity index (χ2n) is 6.93. The van der Waals surface area contributed by atoms with Gasteiger partial charge in [0.1, 0.15) is 11.5 Å². The first kappa shape index (κ1) is 18.8. The molecule has 29 heavy (non-hydrogen) atoms. The largest absolute Gasteiger partial charge is 0.467 e. The van der Waals surface area contributed by atoms with E-state index in [0.717, 1.165) is 17.3 Å². The number of hydrogen-bond donors (Lipinski definition) is 1. The molecule has 4 heterocycles. The molecule has 7 nitrogen and oxygen atoms in total. The van der Waals surface area contributed by atoms with Gasteiger partial charge in [-0.25, -0.2) is 19.3 Å². The van der Waals surface area contributed by atoms with Crippen LogP contribution in [-0.2, 0) is 4.74 Å². The first-order chi connectivity index (χ1) is 14.0. The highest BCUT2D eigenvalue weighted by molar-refractivity contribution is 5.64. The molecule has 1 N–H and O–H groups in total. The Morgan fingerprint density at radius 2 is 1.86 bits per heavy atom. The van der Waals surface area contributed by atoms with Crippen molar-refractivity contribution in [2.45, 2.75) is 33.0 Å². The lowest BCUT2D eigenvalue weighted by Gasteiger charge is -2.24. The normalized spacial score (nSPS) is 16.0. The van der Waals surface area contributed by atoms with Gasteiger partial charge in [0.25, 0.3) is 0 Å². The summed E-state index contributed by atoms with van der Waals surface area (Å²) in [7, 11) is 0. The Bertz CT molecular complexity index is 1020. The molecule has 0 saturated carbocycles. The van der Waals surface area contributed by atoms with Gasteiger partial charge in [0.15, 0.2) is 17.8 Å². The fourth-order valence-electron chi connectivity index (χ4n) is 3.10. The summed E-state index contributed by atoms with van der Waals surface area (Å²) < 4.78 is 20.1. The zero-order valence-electron chi connectivity index (χ0n) is 16.4. The van der Waals surface area contributed by atoms with Gasteiger partial charge in [0.2, 0.25) is 5.95 Å². The highest BCUT2D eigenvalue weighted by Crippen LogP contribution is 2.29. The number of rotatable bonds is 5. The molecule has 1 unspecified atom stereocenters. The predicted molar refractivity (Wildman–Crippen MR) is 108 cm³/mol. The maximum absolute atomic E-state index is 14.3. The molecule has 1 aliphatic rings. The number of anilines is 2. The quantitative estimate of drug-likeness (QED) is 0.697. The molecule has 0 bridgehead atoms. The zero-order chi connectivity index (χ0) is 20.4. The van der Waals surface area contributed by atoms with Gasteiger partial charge in [0, 0.05) is 36.4 Å². The van der Waals surface area contributed by atoms with Gasteiger partial charge in [-0.15, -0.1) is 0 Å². The Hall–Kier alpha value is -3.55. The van der Waals surface area contributed by atoms with Crippen LogP contribution in [0.3, 0.4) is 0 Å². The molecule has 148 valence electrons. The molecule has 1 atom stereocenters. The highest BCUT2D eigenvalue weighted by atomic mass is 19.1. The molecule has 4 rings (SSSR count). The van der Waals surface area contributed by atoms with Crippen molar-refractivity contribution >= 4 is 17.5 Å². The Kier molecular flexibility index (Phi) is 5.07. The van der Waals surface area contributed by atoms with E-state index in [1.807, 2.05) is 49.9 Å². The summed E-state index contributed by atoms with van der Waals surface area (Å²) in [4.78, 5) is 18.7. The summed E-state index contributed by atoms with van der Waals surface area (Å²) >= 11 is 0. The van der Waals surface area contributed by atoms with Crippen molar-refractivity contribution in [2.75, 3.05) is 5.32 Å². The van der Waals surface area contributed by atoms with E-state index < -0.39 is 5.82 Å². The molecular formula is C21H21FN6O. The SMILES string of the molecule is CC(C)N1C=C(c2nc(Nc3ccc(-c4ccncc4)cn3)ncc2F)OC1C. The number of aromatic nitrogens is 4. The Morgan fingerprint density at radius 3 is 2.52 bits per heavy atom. The van der Waals surface area contributed by atoms with Crippen molar-refractivity contribution in [3.8, 4) is 11.1 Å². The van der Waals surface area contributed by atoms with Crippen LogP contribution in [0.2, 0.25) is 0 Å². The topological polar surface area (TPSA) is 76.1 Å². The smallest absolute Gasteiger partial charge is 0.229 e. The number of halogens is 1. The number of hydrogen-bond acceptors (Lipinski definition) is 7. The summed E-state index contributed by atoms with van der Waals surface area (Å²) in [5.74, 6) is 0.639. The molecule has 0 aromatic carbocycles. The second-order valence-corrected chi connectivity index (χ2v) is 6.93. The van der Waals surface area contributed by atoms with Gasteiger partial charge in [-0.1, -0.05) is 0 Å². The third kappa shape index (κ3) is 4.01. The number of nitrogens with one attached hydrogen (secondary N) is 1.